The molecule has 0 saturated carbocycles. The molecule has 1 aromatic rings. The summed E-state index contributed by atoms with van der Waals surface area (Å²) in [5.74, 6) is 1.07. The summed E-state index contributed by atoms with van der Waals surface area (Å²) in [6.45, 7) is 7.04. The molecule has 10 heteroatoms. The lowest BCUT2D eigenvalue weighted by atomic mass is 9.90. The highest BCUT2D eigenvalue weighted by molar-refractivity contribution is 7.89. The fraction of sp³-hybridized carbons (Fsp3) is 0.800. The maximum absolute atomic E-state index is 12.7. The van der Waals surface area contributed by atoms with Gasteiger partial charge in [0.25, 0.3) is 0 Å². The summed E-state index contributed by atoms with van der Waals surface area (Å²) in [5.41, 5.74) is 0. The van der Waals surface area contributed by atoms with E-state index in [-0.39, 0.29) is 30.0 Å². The first-order valence-electron chi connectivity index (χ1n) is 10.8. The van der Waals surface area contributed by atoms with E-state index in [9.17, 15) is 8.42 Å². The van der Waals surface area contributed by atoms with Crippen molar-refractivity contribution in [3.05, 3.63) is 11.2 Å². The van der Waals surface area contributed by atoms with E-state index < -0.39 is 10.0 Å². The first-order chi connectivity index (χ1) is 14.3. The standard InChI is InChI=1S/C20H33ClN4O4S/c1-5-14-10-16(11-15(6-2)25(14)30(26,27)7-3)24(4)20-22-18(21)12-19(23-20)29-17-8-9-28-13-17/h12,14-17H,5-11,13H2,1-4H3/t14-,15+,16-,17-/m1/s1. The van der Waals surface area contributed by atoms with Gasteiger partial charge in [-0.3, -0.25) is 0 Å². The third kappa shape index (κ3) is 5.18. The van der Waals surface area contributed by atoms with E-state index in [0.717, 1.165) is 32.1 Å². The van der Waals surface area contributed by atoms with Crippen LogP contribution in [0.2, 0.25) is 5.15 Å². The van der Waals surface area contributed by atoms with Crippen LogP contribution in [0.4, 0.5) is 5.95 Å². The summed E-state index contributed by atoms with van der Waals surface area (Å²) < 4.78 is 38.5. The van der Waals surface area contributed by atoms with Crippen LogP contribution >= 0.6 is 11.6 Å². The molecular weight excluding hydrogens is 428 g/mol. The SMILES string of the molecule is CC[C@@H]1C[C@@H](N(C)c2nc(Cl)cc(O[C@@H]3CCOC3)n2)C[C@H](CC)N1S(=O)(=O)CC. The summed E-state index contributed by atoms with van der Waals surface area (Å²) in [4.78, 5) is 11.0. The van der Waals surface area contributed by atoms with Gasteiger partial charge in [-0.15, -0.1) is 0 Å². The van der Waals surface area contributed by atoms with Crippen molar-refractivity contribution >= 4 is 27.6 Å². The van der Waals surface area contributed by atoms with Gasteiger partial charge in [0.2, 0.25) is 21.9 Å². The molecule has 170 valence electrons. The first-order valence-corrected chi connectivity index (χ1v) is 12.8. The molecule has 8 nitrogen and oxygen atoms in total. The minimum atomic E-state index is -3.25. The van der Waals surface area contributed by atoms with Gasteiger partial charge in [-0.2, -0.15) is 9.29 Å². The van der Waals surface area contributed by atoms with Crippen LogP contribution < -0.4 is 9.64 Å². The molecule has 3 rings (SSSR count). The molecule has 2 aliphatic heterocycles. The smallest absolute Gasteiger partial charge is 0.230 e. The van der Waals surface area contributed by atoms with Gasteiger partial charge in [0.15, 0.2) is 0 Å². The molecule has 0 spiro atoms. The van der Waals surface area contributed by atoms with Gasteiger partial charge in [-0.1, -0.05) is 25.4 Å². The van der Waals surface area contributed by atoms with E-state index in [1.165, 1.54) is 0 Å². The topological polar surface area (TPSA) is 84.9 Å². The zero-order valence-electron chi connectivity index (χ0n) is 18.3. The van der Waals surface area contributed by atoms with E-state index in [1.54, 1.807) is 17.3 Å². The van der Waals surface area contributed by atoms with Crippen LogP contribution in [0.25, 0.3) is 0 Å². The molecule has 3 heterocycles. The molecule has 0 amide bonds. The molecule has 4 atom stereocenters. The summed E-state index contributed by atoms with van der Waals surface area (Å²) in [7, 11) is -1.31. The molecule has 0 bridgehead atoms. The summed E-state index contributed by atoms with van der Waals surface area (Å²) >= 11 is 6.26. The number of anilines is 1. The van der Waals surface area contributed by atoms with Gasteiger partial charge in [0.05, 0.1) is 19.0 Å². The number of sulfonamides is 1. The normalized spacial score (nSPS) is 27.9. The minimum Gasteiger partial charge on any atom is -0.472 e. The Kier molecular flexibility index (Phi) is 7.81. The average molecular weight is 461 g/mol. The van der Waals surface area contributed by atoms with E-state index in [2.05, 4.69) is 9.97 Å². The van der Waals surface area contributed by atoms with Crippen LogP contribution in [0.1, 0.15) is 52.9 Å². The largest absolute Gasteiger partial charge is 0.472 e. The molecule has 0 aliphatic carbocycles. The number of aromatic nitrogens is 2. The quantitative estimate of drug-likeness (QED) is 0.551. The Morgan fingerprint density at radius 3 is 2.43 bits per heavy atom. The molecule has 0 unspecified atom stereocenters. The molecule has 1 aromatic heterocycles. The Morgan fingerprint density at radius 1 is 1.23 bits per heavy atom. The summed E-state index contributed by atoms with van der Waals surface area (Å²) in [6.07, 6.45) is 3.80. The van der Waals surface area contributed by atoms with Crippen LogP contribution in [-0.4, -0.2) is 72.9 Å². The molecule has 2 aliphatic rings. The summed E-state index contributed by atoms with van der Waals surface area (Å²) in [6, 6.07) is 1.67. The van der Waals surface area contributed by atoms with Crippen LogP contribution in [0, 0.1) is 0 Å². The van der Waals surface area contributed by atoms with Gasteiger partial charge in [-0.05, 0) is 32.6 Å². The third-order valence-corrected chi connectivity index (χ3v) is 8.30. The predicted octanol–water partition coefficient (Wildman–Crippen LogP) is 3.11. The Balaban J connectivity index is 1.81. The van der Waals surface area contributed by atoms with E-state index in [0.29, 0.717) is 30.2 Å². The van der Waals surface area contributed by atoms with Crippen molar-refractivity contribution in [3.8, 4) is 5.88 Å². The van der Waals surface area contributed by atoms with Gasteiger partial charge >= 0.3 is 0 Å². The maximum atomic E-state index is 12.7. The second-order valence-electron chi connectivity index (χ2n) is 8.02. The van der Waals surface area contributed by atoms with Crippen LogP contribution in [0.3, 0.4) is 0 Å². The van der Waals surface area contributed by atoms with E-state index >= 15 is 0 Å². The van der Waals surface area contributed by atoms with Crippen LogP contribution in [0.5, 0.6) is 5.88 Å². The molecule has 30 heavy (non-hydrogen) atoms. The fourth-order valence-corrected chi connectivity index (χ4v) is 6.23. The van der Waals surface area contributed by atoms with Crippen molar-refractivity contribution in [3.63, 3.8) is 0 Å². The molecule has 0 N–H and O–H groups in total. The lowest BCUT2D eigenvalue weighted by Crippen LogP contribution is -2.56. The number of ether oxygens (including phenoxy) is 2. The molecule has 2 fully saturated rings. The number of hydrogen-bond acceptors (Lipinski definition) is 7. The first kappa shape index (κ1) is 23.5. The highest BCUT2D eigenvalue weighted by atomic mass is 35.5. The summed E-state index contributed by atoms with van der Waals surface area (Å²) in [5, 5.41) is 0.325. The van der Waals surface area contributed by atoms with Gasteiger partial charge in [-0.25, -0.2) is 13.4 Å². The van der Waals surface area contributed by atoms with Crippen LogP contribution in [0.15, 0.2) is 6.07 Å². The molecular formula is C20H33ClN4O4S. The van der Waals surface area contributed by atoms with Crippen molar-refractivity contribution in [1.29, 1.82) is 0 Å². The Morgan fingerprint density at radius 2 is 1.90 bits per heavy atom. The maximum Gasteiger partial charge on any atom is 0.230 e. The second-order valence-corrected chi connectivity index (χ2v) is 10.6. The van der Waals surface area contributed by atoms with Crippen LogP contribution in [-0.2, 0) is 14.8 Å². The Labute approximate surface area is 185 Å². The lowest BCUT2D eigenvalue weighted by molar-refractivity contribution is 0.137. The number of piperidine rings is 1. The van der Waals surface area contributed by atoms with Gasteiger partial charge in [0.1, 0.15) is 11.3 Å². The fourth-order valence-electron chi connectivity index (χ4n) is 4.39. The van der Waals surface area contributed by atoms with E-state index in [1.807, 2.05) is 25.8 Å². The molecule has 0 radical (unpaired) electrons. The zero-order chi connectivity index (χ0) is 21.9. The lowest BCUT2D eigenvalue weighted by Gasteiger charge is -2.46. The predicted molar refractivity (Wildman–Crippen MR) is 118 cm³/mol. The monoisotopic (exact) mass is 460 g/mol. The highest BCUT2D eigenvalue weighted by Gasteiger charge is 2.41. The third-order valence-electron chi connectivity index (χ3n) is 6.13. The van der Waals surface area contributed by atoms with Gasteiger partial charge < -0.3 is 14.4 Å². The van der Waals surface area contributed by atoms with E-state index in [4.69, 9.17) is 21.1 Å². The van der Waals surface area contributed by atoms with Crippen molar-refractivity contribution in [2.75, 3.05) is 30.9 Å². The van der Waals surface area contributed by atoms with Crippen molar-refractivity contribution in [2.45, 2.75) is 77.1 Å². The second kappa shape index (κ2) is 9.97. The van der Waals surface area contributed by atoms with Crippen molar-refractivity contribution < 1.29 is 17.9 Å². The number of hydrogen-bond donors (Lipinski definition) is 0. The minimum absolute atomic E-state index is 0.0226. The zero-order valence-corrected chi connectivity index (χ0v) is 19.8. The number of nitrogens with zero attached hydrogens (tertiary/aromatic N) is 4. The molecule has 0 aromatic carbocycles. The van der Waals surface area contributed by atoms with Crippen molar-refractivity contribution in [2.24, 2.45) is 0 Å². The highest BCUT2D eigenvalue weighted by Crippen LogP contribution is 2.34. The Hall–Kier alpha value is -1.16. The number of halogens is 1. The average Bonchev–Trinajstić information content (AvgIpc) is 3.24. The number of rotatable bonds is 8. The van der Waals surface area contributed by atoms with Gasteiger partial charge in [0, 0.05) is 37.7 Å². The van der Waals surface area contributed by atoms with Crippen molar-refractivity contribution in [1.82, 2.24) is 14.3 Å². The Bertz CT molecular complexity index is 805. The molecule has 2 saturated heterocycles.